The molecule has 5 rings (SSSR count). The number of ether oxygens (including phenoxy) is 2. The van der Waals surface area contributed by atoms with E-state index in [0.717, 1.165) is 48.3 Å². The van der Waals surface area contributed by atoms with Crippen molar-refractivity contribution < 1.29 is 14.3 Å². The zero-order valence-electron chi connectivity index (χ0n) is 20.0. The van der Waals surface area contributed by atoms with E-state index < -0.39 is 5.60 Å². The van der Waals surface area contributed by atoms with E-state index in [1.54, 1.807) is 19.2 Å². The maximum absolute atomic E-state index is 13.3. The second-order valence-corrected chi connectivity index (χ2v) is 9.07. The summed E-state index contributed by atoms with van der Waals surface area (Å²) in [6.45, 7) is 2.64. The Morgan fingerprint density at radius 2 is 1.66 bits per heavy atom. The molecule has 3 aromatic carbocycles. The fourth-order valence-corrected chi connectivity index (χ4v) is 4.91. The molecule has 0 unspecified atom stereocenters. The molecular weight excluding hydrogens is 436 g/mol. The Kier molecular flexibility index (Phi) is 6.77. The first-order chi connectivity index (χ1) is 17.2. The van der Waals surface area contributed by atoms with Crippen LogP contribution >= 0.6 is 0 Å². The fraction of sp³-hybridized carbons (Fsp3) is 0.267. The van der Waals surface area contributed by atoms with Gasteiger partial charge in [0.15, 0.2) is 5.60 Å². The largest absolute Gasteiger partial charge is 0.497 e. The first kappa shape index (κ1) is 23.1. The lowest BCUT2D eigenvalue weighted by Gasteiger charge is -2.41. The Labute approximate surface area is 206 Å². The van der Waals surface area contributed by atoms with Crippen LogP contribution in [0.3, 0.4) is 0 Å². The van der Waals surface area contributed by atoms with Crippen molar-refractivity contribution >= 4 is 16.7 Å². The van der Waals surface area contributed by atoms with Gasteiger partial charge in [-0.15, -0.1) is 0 Å². The fourth-order valence-electron chi connectivity index (χ4n) is 4.91. The number of carbonyl (C=O) groups is 1. The van der Waals surface area contributed by atoms with Gasteiger partial charge < -0.3 is 14.4 Å². The Balaban J connectivity index is 1.44. The number of esters is 1. The Hall–Kier alpha value is -3.70. The quantitative estimate of drug-likeness (QED) is 0.330. The summed E-state index contributed by atoms with van der Waals surface area (Å²) in [6, 6.07) is 27.7. The number of nitrogens with zero attached hydrogens (tertiary/aromatic N) is 2. The van der Waals surface area contributed by atoms with Crippen LogP contribution in [0.4, 0.5) is 0 Å². The number of rotatable bonds is 7. The smallest absolute Gasteiger partial charge is 0.339 e. The van der Waals surface area contributed by atoms with Gasteiger partial charge in [0.05, 0.1) is 18.4 Å². The predicted octanol–water partition coefficient (Wildman–Crippen LogP) is 5.63. The summed E-state index contributed by atoms with van der Waals surface area (Å²) in [6.07, 6.45) is 4.18. The van der Waals surface area contributed by atoms with Gasteiger partial charge in [0.25, 0.3) is 0 Å². The molecule has 5 heteroatoms. The first-order valence-electron chi connectivity index (χ1n) is 12.1. The number of likely N-dealkylation sites (tertiary alicyclic amines) is 1. The molecule has 0 bridgehead atoms. The second-order valence-electron chi connectivity index (χ2n) is 9.07. The van der Waals surface area contributed by atoms with E-state index in [-0.39, 0.29) is 5.97 Å². The van der Waals surface area contributed by atoms with E-state index in [1.807, 2.05) is 54.7 Å². The highest BCUT2D eigenvalue weighted by atomic mass is 16.6. The summed E-state index contributed by atoms with van der Waals surface area (Å²) < 4.78 is 11.9. The monoisotopic (exact) mass is 466 g/mol. The van der Waals surface area contributed by atoms with Crippen LogP contribution in [-0.2, 0) is 16.8 Å². The lowest BCUT2D eigenvalue weighted by atomic mass is 9.84. The van der Waals surface area contributed by atoms with Crippen LogP contribution in [0.25, 0.3) is 10.8 Å². The molecule has 1 aliphatic heterocycles. The van der Waals surface area contributed by atoms with E-state index in [0.29, 0.717) is 18.4 Å². The average molecular weight is 467 g/mol. The third kappa shape index (κ3) is 5.05. The molecule has 1 aromatic heterocycles. The number of hydrogen-bond acceptors (Lipinski definition) is 5. The molecule has 1 aliphatic rings. The summed E-state index contributed by atoms with van der Waals surface area (Å²) in [5.74, 6) is 0.446. The molecule has 2 heterocycles. The summed E-state index contributed by atoms with van der Waals surface area (Å²) in [5.41, 5.74) is 1.89. The third-order valence-corrected chi connectivity index (χ3v) is 6.93. The Bertz CT molecular complexity index is 1280. The average Bonchev–Trinajstić information content (AvgIpc) is 2.93. The van der Waals surface area contributed by atoms with Crippen LogP contribution in [0, 0.1) is 0 Å². The molecule has 5 nitrogen and oxygen atoms in total. The highest BCUT2D eigenvalue weighted by Crippen LogP contribution is 2.40. The summed E-state index contributed by atoms with van der Waals surface area (Å²) in [4.78, 5) is 20.5. The lowest BCUT2D eigenvalue weighted by Crippen LogP contribution is -2.46. The van der Waals surface area contributed by atoms with Crippen molar-refractivity contribution in [2.75, 3.05) is 26.7 Å². The first-order valence-corrected chi connectivity index (χ1v) is 12.1. The van der Waals surface area contributed by atoms with Gasteiger partial charge in [-0.05, 0) is 47.7 Å². The molecule has 35 heavy (non-hydrogen) atoms. The predicted molar refractivity (Wildman–Crippen MR) is 138 cm³/mol. The van der Waals surface area contributed by atoms with Crippen molar-refractivity contribution in [3.63, 3.8) is 0 Å². The molecule has 0 atom stereocenters. The number of aromatic nitrogens is 1. The standard InChI is InChI=1S/C30H30N2O3/c1-34-26-13-12-24-14-18-31-28(27(24)22-26)30(35-29(33)25-10-6-3-7-11-25)16-20-32(21-17-30)19-15-23-8-4-2-5-9-23/h2-14,18,22H,15-17,19-21H2,1H3. The molecule has 0 N–H and O–H groups in total. The summed E-state index contributed by atoms with van der Waals surface area (Å²) in [7, 11) is 1.66. The van der Waals surface area contributed by atoms with Crippen LogP contribution in [0.5, 0.6) is 5.75 Å². The SMILES string of the molecule is COc1ccc2ccnc(C3(OC(=O)c4ccccc4)CCN(CCc4ccccc4)CC3)c2c1. The molecule has 0 spiro atoms. The minimum Gasteiger partial charge on any atom is -0.497 e. The van der Waals surface area contributed by atoms with Crippen molar-refractivity contribution in [1.82, 2.24) is 9.88 Å². The Morgan fingerprint density at radius 1 is 0.943 bits per heavy atom. The van der Waals surface area contributed by atoms with Crippen molar-refractivity contribution in [2.24, 2.45) is 0 Å². The van der Waals surface area contributed by atoms with E-state index in [2.05, 4.69) is 29.2 Å². The minimum absolute atomic E-state index is 0.315. The van der Waals surface area contributed by atoms with Crippen molar-refractivity contribution in [3.05, 3.63) is 108 Å². The summed E-state index contributed by atoms with van der Waals surface area (Å²) in [5, 5.41) is 2.02. The Morgan fingerprint density at radius 3 is 2.37 bits per heavy atom. The zero-order valence-corrected chi connectivity index (χ0v) is 20.0. The summed E-state index contributed by atoms with van der Waals surface area (Å²) >= 11 is 0. The van der Waals surface area contributed by atoms with Crippen molar-refractivity contribution in [3.8, 4) is 5.75 Å². The number of hydrogen-bond donors (Lipinski definition) is 0. The highest BCUT2D eigenvalue weighted by molar-refractivity contribution is 5.91. The van der Waals surface area contributed by atoms with E-state index >= 15 is 0 Å². The lowest BCUT2D eigenvalue weighted by molar-refractivity contribution is -0.0568. The van der Waals surface area contributed by atoms with Gasteiger partial charge in [-0.25, -0.2) is 4.79 Å². The topological polar surface area (TPSA) is 51.7 Å². The van der Waals surface area contributed by atoms with E-state index in [1.165, 1.54) is 5.56 Å². The second kappa shape index (κ2) is 10.3. The number of carbonyl (C=O) groups excluding carboxylic acids is 1. The van der Waals surface area contributed by atoms with Gasteiger partial charge in [0, 0.05) is 44.1 Å². The van der Waals surface area contributed by atoms with Crippen LogP contribution in [0.2, 0.25) is 0 Å². The van der Waals surface area contributed by atoms with Crippen molar-refractivity contribution in [2.45, 2.75) is 24.9 Å². The molecule has 0 aliphatic carbocycles. The van der Waals surface area contributed by atoms with Gasteiger partial charge in [-0.2, -0.15) is 0 Å². The molecule has 0 amide bonds. The maximum Gasteiger partial charge on any atom is 0.339 e. The molecule has 1 fully saturated rings. The van der Waals surface area contributed by atoms with Gasteiger partial charge in [0.1, 0.15) is 5.75 Å². The van der Waals surface area contributed by atoms with Crippen LogP contribution in [0.1, 0.15) is 34.5 Å². The molecule has 0 saturated carbocycles. The molecular formula is C30H30N2O3. The van der Waals surface area contributed by atoms with Gasteiger partial charge in [0.2, 0.25) is 0 Å². The third-order valence-electron chi connectivity index (χ3n) is 6.93. The molecule has 178 valence electrons. The number of benzene rings is 3. The molecule has 1 saturated heterocycles. The highest BCUT2D eigenvalue weighted by Gasteiger charge is 2.42. The number of methoxy groups -OCH3 is 1. The van der Waals surface area contributed by atoms with E-state index in [4.69, 9.17) is 14.5 Å². The molecule has 0 radical (unpaired) electrons. The van der Waals surface area contributed by atoms with Crippen LogP contribution in [-0.4, -0.2) is 42.6 Å². The maximum atomic E-state index is 13.3. The van der Waals surface area contributed by atoms with Crippen molar-refractivity contribution in [1.29, 1.82) is 0 Å². The van der Waals surface area contributed by atoms with Crippen LogP contribution < -0.4 is 4.74 Å². The minimum atomic E-state index is -0.804. The zero-order chi connectivity index (χ0) is 24.1. The van der Waals surface area contributed by atoms with Crippen LogP contribution in [0.15, 0.2) is 91.1 Å². The number of fused-ring (bicyclic) bond motifs is 1. The number of piperidine rings is 1. The molecule has 4 aromatic rings. The van der Waals surface area contributed by atoms with Gasteiger partial charge in [-0.1, -0.05) is 54.6 Å². The number of pyridine rings is 1. The van der Waals surface area contributed by atoms with E-state index in [9.17, 15) is 4.79 Å². The van der Waals surface area contributed by atoms with Gasteiger partial charge >= 0.3 is 5.97 Å². The normalized spacial score (nSPS) is 15.6. The van der Waals surface area contributed by atoms with Gasteiger partial charge in [-0.3, -0.25) is 4.98 Å².